The summed E-state index contributed by atoms with van der Waals surface area (Å²) in [5.41, 5.74) is 5.07. The fourth-order valence-electron chi connectivity index (χ4n) is 2.00. The SMILES string of the molecule is NC(=O)c1ccc(Cl)cc1NCC(=O)Nc1ccc(C(F)(F)F)cc1. The number of amides is 2. The summed E-state index contributed by atoms with van der Waals surface area (Å²) in [7, 11) is 0. The molecule has 0 atom stereocenters. The van der Waals surface area contributed by atoms with Crippen LogP contribution in [0.4, 0.5) is 24.5 Å². The minimum absolute atomic E-state index is 0.159. The molecule has 4 N–H and O–H groups in total. The second kappa shape index (κ2) is 7.43. The Balaban J connectivity index is 2.00. The Labute approximate surface area is 146 Å². The number of nitrogens with one attached hydrogen (secondary N) is 2. The van der Waals surface area contributed by atoms with E-state index in [1.165, 1.54) is 18.2 Å². The highest BCUT2D eigenvalue weighted by Crippen LogP contribution is 2.29. The number of hydrogen-bond acceptors (Lipinski definition) is 3. The van der Waals surface area contributed by atoms with Crippen molar-refractivity contribution in [2.45, 2.75) is 6.18 Å². The normalized spacial score (nSPS) is 11.0. The van der Waals surface area contributed by atoms with Gasteiger partial charge in [0.25, 0.3) is 5.91 Å². The molecule has 0 heterocycles. The van der Waals surface area contributed by atoms with Crippen molar-refractivity contribution in [3.05, 3.63) is 58.6 Å². The van der Waals surface area contributed by atoms with Gasteiger partial charge in [-0.1, -0.05) is 11.6 Å². The molecule has 0 saturated heterocycles. The molecule has 0 aliphatic carbocycles. The molecular formula is C16H13ClF3N3O2. The number of carbonyl (C=O) groups excluding carboxylic acids is 2. The molecule has 0 spiro atoms. The van der Waals surface area contributed by atoms with Crippen molar-refractivity contribution in [1.29, 1.82) is 0 Å². The van der Waals surface area contributed by atoms with E-state index in [1.54, 1.807) is 0 Å². The third-order valence-corrected chi connectivity index (χ3v) is 3.42. The lowest BCUT2D eigenvalue weighted by Crippen LogP contribution is -2.23. The van der Waals surface area contributed by atoms with Gasteiger partial charge in [0.15, 0.2) is 0 Å². The molecule has 2 aromatic rings. The molecular weight excluding hydrogens is 359 g/mol. The quantitative estimate of drug-likeness (QED) is 0.752. The van der Waals surface area contributed by atoms with Crippen molar-refractivity contribution in [3.8, 4) is 0 Å². The van der Waals surface area contributed by atoms with Crippen LogP contribution in [0.3, 0.4) is 0 Å². The summed E-state index contributed by atoms with van der Waals surface area (Å²) in [5, 5.41) is 5.49. The smallest absolute Gasteiger partial charge is 0.375 e. The van der Waals surface area contributed by atoms with E-state index in [2.05, 4.69) is 10.6 Å². The number of alkyl halides is 3. The Morgan fingerprint density at radius 2 is 1.72 bits per heavy atom. The van der Waals surface area contributed by atoms with E-state index in [9.17, 15) is 22.8 Å². The van der Waals surface area contributed by atoms with Crippen LogP contribution < -0.4 is 16.4 Å². The van der Waals surface area contributed by atoms with Crippen LogP contribution in [-0.4, -0.2) is 18.4 Å². The summed E-state index contributed by atoms with van der Waals surface area (Å²) in [6.07, 6.45) is -4.44. The monoisotopic (exact) mass is 371 g/mol. The van der Waals surface area contributed by atoms with Crippen LogP contribution in [0.25, 0.3) is 0 Å². The molecule has 9 heteroatoms. The number of hydrogen-bond donors (Lipinski definition) is 3. The van der Waals surface area contributed by atoms with Gasteiger partial charge in [-0.05, 0) is 42.5 Å². The first-order valence-corrected chi connectivity index (χ1v) is 7.35. The summed E-state index contributed by atoms with van der Waals surface area (Å²) >= 11 is 5.83. The first-order chi connectivity index (χ1) is 11.7. The fraction of sp³-hybridized carbons (Fsp3) is 0.125. The van der Waals surface area contributed by atoms with Crippen molar-refractivity contribution in [2.24, 2.45) is 5.73 Å². The van der Waals surface area contributed by atoms with Crippen molar-refractivity contribution in [3.63, 3.8) is 0 Å². The minimum Gasteiger partial charge on any atom is -0.375 e. The largest absolute Gasteiger partial charge is 0.416 e. The zero-order valence-electron chi connectivity index (χ0n) is 12.7. The topological polar surface area (TPSA) is 84.2 Å². The lowest BCUT2D eigenvalue weighted by molar-refractivity contribution is -0.137. The molecule has 0 aromatic heterocycles. The van der Waals surface area contributed by atoms with Gasteiger partial charge >= 0.3 is 6.18 Å². The van der Waals surface area contributed by atoms with Crippen LogP contribution in [0.2, 0.25) is 5.02 Å². The van der Waals surface area contributed by atoms with Gasteiger partial charge in [0.1, 0.15) is 0 Å². The lowest BCUT2D eigenvalue weighted by atomic mass is 10.1. The molecule has 0 fully saturated rings. The average molecular weight is 372 g/mol. The summed E-state index contributed by atoms with van der Waals surface area (Å²) in [5.74, 6) is -1.21. The van der Waals surface area contributed by atoms with E-state index in [0.29, 0.717) is 5.02 Å². The maximum absolute atomic E-state index is 12.5. The average Bonchev–Trinajstić information content (AvgIpc) is 2.52. The molecule has 0 aliphatic heterocycles. The predicted octanol–water partition coefficient (Wildman–Crippen LogP) is 3.51. The zero-order valence-corrected chi connectivity index (χ0v) is 13.4. The highest BCUT2D eigenvalue weighted by Gasteiger charge is 2.29. The van der Waals surface area contributed by atoms with E-state index in [4.69, 9.17) is 17.3 Å². The molecule has 2 aromatic carbocycles. The predicted molar refractivity (Wildman–Crippen MR) is 88.5 cm³/mol. The van der Waals surface area contributed by atoms with Crippen molar-refractivity contribution >= 4 is 34.8 Å². The van der Waals surface area contributed by atoms with Crippen LogP contribution in [0.1, 0.15) is 15.9 Å². The molecule has 0 radical (unpaired) electrons. The summed E-state index contributed by atoms with van der Waals surface area (Å²) < 4.78 is 37.4. The second-order valence-electron chi connectivity index (χ2n) is 5.03. The number of benzene rings is 2. The number of rotatable bonds is 5. The van der Waals surface area contributed by atoms with Gasteiger partial charge in [-0.15, -0.1) is 0 Å². The molecule has 5 nitrogen and oxygen atoms in total. The Morgan fingerprint density at radius 3 is 2.28 bits per heavy atom. The number of halogens is 4. The standard InChI is InChI=1S/C16H13ClF3N3O2/c17-10-3-6-12(15(21)25)13(7-10)22-8-14(24)23-11-4-1-9(2-5-11)16(18,19)20/h1-7,22H,8H2,(H2,21,25)(H,23,24). The molecule has 0 unspecified atom stereocenters. The van der Waals surface area contributed by atoms with Gasteiger partial charge < -0.3 is 16.4 Å². The van der Waals surface area contributed by atoms with Crippen LogP contribution in [0.5, 0.6) is 0 Å². The minimum atomic E-state index is -4.44. The molecule has 0 saturated carbocycles. The van der Waals surface area contributed by atoms with E-state index < -0.39 is 23.6 Å². The number of anilines is 2. The van der Waals surface area contributed by atoms with Gasteiger partial charge in [0.2, 0.25) is 5.91 Å². The first kappa shape index (κ1) is 18.6. The molecule has 2 amide bonds. The molecule has 0 bridgehead atoms. The van der Waals surface area contributed by atoms with Crippen LogP contribution in [0, 0.1) is 0 Å². The summed E-state index contributed by atoms with van der Waals surface area (Å²) in [4.78, 5) is 23.2. The van der Waals surface area contributed by atoms with E-state index in [-0.39, 0.29) is 23.5 Å². The maximum Gasteiger partial charge on any atom is 0.416 e. The third-order valence-electron chi connectivity index (χ3n) is 3.18. The van der Waals surface area contributed by atoms with Crippen molar-refractivity contribution < 1.29 is 22.8 Å². The molecule has 2 rings (SSSR count). The Bertz CT molecular complexity index is 792. The van der Waals surface area contributed by atoms with Crippen molar-refractivity contribution in [2.75, 3.05) is 17.2 Å². The van der Waals surface area contributed by atoms with Crippen LogP contribution in [-0.2, 0) is 11.0 Å². The second-order valence-corrected chi connectivity index (χ2v) is 5.47. The summed E-state index contributed by atoms with van der Waals surface area (Å²) in [6.45, 7) is -0.234. The molecule has 0 aliphatic rings. The highest BCUT2D eigenvalue weighted by atomic mass is 35.5. The van der Waals surface area contributed by atoms with Crippen molar-refractivity contribution in [1.82, 2.24) is 0 Å². The van der Waals surface area contributed by atoms with Gasteiger partial charge in [-0.2, -0.15) is 13.2 Å². The van der Waals surface area contributed by atoms with E-state index in [1.807, 2.05) is 0 Å². The first-order valence-electron chi connectivity index (χ1n) is 6.97. The van der Waals surface area contributed by atoms with Gasteiger partial charge in [-0.3, -0.25) is 9.59 Å². The van der Waals surface area contributed by atoms with Crippen LogP contribution >= 0.6 is 11.6 Å². The maximum atomic E-state index is 12.5. The number of nitrogens with two attached hydrogens (primary N) is 1. The fourth-order valence-corrected chi connectivity index (χ4v) is 2.17. The van der Waals surface area contributed by atoms with Gasteiger partial charge in [-0.25, -0.2) is 0 Å². The Hall–Kier alpha value is -2.74. The lowest BCUT2D eigenvalue weighted by Gasteiger charge is -2.12. The Kier molecular flexibility index (Phi) is 5.53. The van der Waals surface area contributed by atoms with E-state index >= 15 is 0 Å². The zero-order chi connectivity index (χ0) is 18.6. The molecule has 25 heavy (non-hydrogen) atoms. The number of carbonyl (C=O) groups is 2. The third kappa shape index (κ3) is 5.12. The van der Waals surface area contributed by atoms with E-state index in [0.717, 1.165) is 24.3 Å². The summed E-state index contributed by atoms with van der Waals surface area (Å²) in [6, 6.07) is 8.36. The molecule has 132 valence electrons. The number of primary amides is 1. The highest BCUT2D eigenvalue weighted by molar-refractivity contribution is 6.31. The Morgan fingerprint density at radius 1 is 1.08 bits per heavy atom. The van der Waals surface area contributed by atoms with Gasteiger partial charge in [0, 0.05) is 16.4 Å². The van der Waals surface area contributed by atoms with Crippen LogP contribution in [0.15, 0.2) is 42.5 Å². The van der Waals surface area contributed by atoms with Gasteiger partial charge in [0.05, 0.1) is 17.7 Å².